The van der Waals surface area contributed by atoms with E-state index in [-0.39, 0.29) is 30.4 Å². The molecule has 0 aromatic rings. The molecule has 0 aliphatic rings. The molecule has 0 aliphatic carbocycles. The predicted molar refractivity (Wildman–Crippen MR) is 104 cm³/mol. The maximum absolute atomic E-state index is 12.1. The maximum atomic E-state index is 12.1. The summed E-state index contributed by atoms with van der Waals surface area (Å²) in [5.74, 6) is -0.133. The van der Waals surface area contributed by atoms with Crippen LogP contribution in [0, 0.1) is 0 Å². The molecule has 0 bridgehead atoms. The first-order valence-corrected chi connectivity index (χ1v) is 9.42. The van der Waals surface area contributed by atoms with Crippen LogP contribution in [0.4, 0.5) is 0 Å². The summed E-state index contributed by atoms with van der Waals surface area (Å²) in [6.45, 7) is 1.81. The highest BCUT2D eigenvalue weighted by Crippen LogP contribution is 2.01. The molecule has 0 saturated carbocycles. The summed E-state index contributed by atoms with van der Waals surface area (Å²) < 4.78 is 0. The number of carbonyl (C=O) groups is 2. The number of carbonyl (C=O) groups excluding carboxylic acids is 2. The van der Waals surface area contributed by atoms with Crippen LogP contribution in [0.3, 0.4) is 0 Å². The number of rotatable bonds is 16. The van der Waals surface area contributed by atoms with Crippen LogP contribution in [-0.2, 0) is 9.59 Å². The van der Waals surface area contributed by atoms with Gasteiger partial charge in [-0.25, -0.2) is 0 Å². The molecule has 0 aromatic carbocycles. The third kappa shape index (κ3) is 11.4. The molecule has 9 nitrogen and oxygen atoms in total. The summed E-state index contributed by atoms with van der Waals surface area (Å²) in [6.07, 6.45) is 3.21. The van der Waals surface area contributed by atoms with E-state index < -0.39 is 6.10 Å². The van der Waals surface area contributed by atoms with E-state index in [1.165, 1.54) is 0 Å². The molecule has 0 fully saturated rings. The van der Waals surface area contributed by atoms with Crippen molar-refractivity contribution in [3.05, 3.63) is 0 Å². The first-order valence-electron chi connectivity index (χ1n) is 9.42. The lowest BCUT2D eigenvalue weighted by atomic mass is 10.1. The molecule has 0 saturated heterocycles. The van der Waals surface area contributed by atoms with Gasteiger partial charge in [-0.05, 0) is 59.8 Å². The molecule has 0 radical (unpaired) electrons. The fourth-order valence-corrected chi connectivity index (χ4v) is 2.59. The largest absolute Gasteiger partial charge is 0.390 e. The number of amides is 2. The van der Waals surface area contributed by atoms with Gasteiger partial charge in [-0.1, -0.05) is 0 Å². The van der Waals surface area contributed by atoms with E-state index in [9.17, 15) is 14.7 Å². The second-order valence-electron chi connectivity index (χ2n) is 6.36. The molecule has 26 heavy (non-hydrogen) atoms. The number of nitrogens with one attached hydrogen (secondary N) is 5. The Morgan fingerprint density at radius 1 is 0.885 bits per heavy atom. The van der Waals surface area contributed by atoms with Crippen molar-refractivity contribution in [2.45, 2.75) is 50.3 Å². The monoisotopic (exact) mass is 374 g/mol. The van der Waals surface area contributed by atoms with Gasteiger partial charge in [0.1, 0.15) is 0 Å². The number of hydrogen-bond acceptors (Lipinski definition) is 7. The minimum Gasteiger partial charge on any atom is -0.390 e. The van der Waals surface area contributed by atoms with Gasteiger partial charge < -0.3 is 37.4 Å². The standard InChI is InChI=1S/C17H38N6O3/c1-19-11-13(24)12-23-17(26)14(20-2)7-4-5-10-22-16(25)15(21-3)8-6-9-18/h13-15,19-21,24H,4-12,18H2,1-3H3,(H,22,25)(H,23,26)/t13?,14-,15-/m0/s1. The zero-order valence-electron chi connectivity index (χ0n) is 16.4. The van der Waals surface area contributed by atoms with Crippen molar-refractivity contribution < 1.29 is 14.7 Å². The van der Waals surface area contributed by atoms with Crippen molar-refractivity contribution in [3.8, 4) is 0 Å². The quantitative estimate of drug-likeness (QED) is 0.153. The molecule has 0 aromatic heterocycles. The van der Waals surface area contributed by atoms with Gasteiger partial charge in [0.15, 0.2) is 0 Å². The van der Waals surface area contributed by atoms with Crippen molar-refractivity contribution in [3.63, 3.8) is 0 Å². The summed E-state index contributed by atoms with van der Waals surface area (Å²) in [4.78, 5) is 24.1. The van der Waals surface area contributed by atoms with Crippen molar-refractivity contribution in [1.82, 2.24) is 26.6 Å². The minimum absolute atomic E-state index is 0.0117. The molecule has 3 atom stereocenters. The Balaban J connectivity index is 3.97. The van der Waals surface area contributed by atoms with Crippen LogP contribution in [0.25, 0.3) is 0 Å². The lowest BCUT2D eigenvalue weighted by molar-refractivity contribution is -0.124. The molecule has 154 valence electrons. The Kier molecular flexibility index (Phi) is 15.2. The van der Waals surface area contributed by atoms with Gasteiger partial charge >= 0.3 is 0 Å². The zero-order chi connectivity index (χ0) is 19.8. The van der Waals surface area contributed by atoms with Gasteiger partial charge in [0.2, 0.25) is 11.8 Å². The number of unbranched alkanes of at least 4 members (excludes halogenated alkanes) is 1. The average molecular weight is 375 g/mol. The summed E-state index contributed by atoms with van der Waals surface area (Å²) in [5.41, 5.74) is 5.48. The Bertz CT molecular complexity index is 384. The average Bonchev–Trinajstić information content (AvgIpc) is 2.63. The first kappa shape index (κ1) is 24.7. The van der Waals surface area contributed by atoms with Gasteiger partial charge in [-0.15, -0.1) is 0 Å². The van der Waals surface area contributed by atoms with E-state index in [0.717, 1.165) is 25.7 Å². The van der Waals surface area contributed by atoms with Crippen LogP contribution in [0.15, 0.2) is 0 Å². The predicted octanol–water partition coefficient (Wildman–Crippen LogP) is -2.12. The van der Waals surface area contributed by atoms with E-state index in [2.05, 4.69) is 26.6 Å². The molecule has 0 heterocycles. The number of aliphatic hydroxyl groups is 1. The molecular formula is C17H38N6O3. The normalized spacial score (nSPS) is 14.5. The summed E-state index contributed by atoms with van der Waals surface area (Å²) >= 11 is 0. The molecule has 1 unspecified atom stereocenters. The number of hydrogen-bond donors (Lipinski definition) is 7. The van der Waals surface area contributed by atoms with Gasteiger partial charge in [0.05, 0.1) is 18.2 Å². The highest BCUT2D eigenvalue weighted by Gasteiger charge is 2.17. The Morgan fingerprint density at radius 3 is 2.00 bits per heavy atom. The molecule has 9 heteroatoms. The van der Waals surface area contributed by atoms with Crippen molar-refractivity contribution >= 4 is 11.8 Å². The highest BCUT2D eigenvalue weighted by molar-refractivity contribution is 5.82. The number of aliphatic hydroxyl groups excluding tert-OH is 1. The zero-order valence-corrected chi connectivity index (χ0v) is 16.4. The van der Waals surface area contributed by atoms with Crippen LogP contribution in [0.1, 0.15) is 32.1 Å². The van der Waals surface area contributed by atoms with Crippen molar-refractivity contribution in [2.75, 3.05) is 47.3 Å². The SMILES string of the molecule is CNCC(O)CNC(=O)[C@H](CCCCNC(=O)[C@H](CCCN)NC)NC. The second-order valence-corrected chi connectivity index (χ2v) is 6.36. The Morgan fingerprint density at radius 2 is 1.46 bits per heavy atom. The highest BCUT2D eigenvalue weighted by atomic mass is 16.3. The van der Waals surface area contributed by atoms with Gasteiger partial charge in [0, 0.05) is 19.6 Å². The minimum atomic E-state index is -0.601. The third-order valence-electron chi connectivity index (χ3n) is 4.20. The van der Waals surface area contributed by atoms with E-state index in [4.69, 9.17) is 5.73 Å². The lowest BCUT2D eigenvalue weighted by Crippen LogP contribution is -2.46. The molecule has 8 N–H and O–H groups in total. The molecular weight excluding hydrogens is 336 g/mol. The maximum Gasteiger partial charge on any atom is 0.237 e. The van der Waals surface area contributed by atoms with Crippen LogP contribution < -0.4 is 32.3 Å². The van der Waals surface area contributed by atoms with Crippen LogP contribution in [-0.4, -0.2) is 82.4 Å². The van der Waals surface area contributed by atoms with Crippen molar-refractivity contribution in [2.24, 2.45) is 5.73 Å². The molecule has 0 aliphatic heterocycles. The molecule has 0 spiro atoms. The van der Waals surface area contributed by atoms with Crippen molar-refractivity contribution in [1.29, 1.82) is 0 Å². The molecule has 2 amide bonds. The number of likely N-dealkylation sites (N-methyl/N-ethyl adjacent to an activating group) is 3. The van der Waals surface area contributed by atoms with E-state index in [0.29, 0.717) is 26.1 Å². The van der Waals surface area contributed by atoms with Gasteiger partial charge in [-0.3, -0.25) is 9.59 Å². The van der Waals surface area contributed by atoms with Crippen LogP contribution >= 0.6 is 0 Å². The molecule has 0 rings (SSSR count). The topological polar surface area (TPSA) is 141 Å². The number of nitrogens with two attached hydrogens (primary N) is 1. The van der Waals surface area contributed by atoms with E-state index in [1.54, 1.807) is 21.1 Å². The van der Waals surface area contributed by atoms with E-state index >= 15 is 0 Å². The fourth-order valence-electron chi connectivity index (χ4n) is 2.59. The Labute approximate surface area is 157 Å². The third-order valence-corrected chi connectivity index (χ3v) is 4.20. The summed E-state index contributed by atoms with van der Waals surface area (Å²) in [7, 11) is 5.26. The van der Waals surface area contributed by atoms with Crippen LogP contribution in [0.5, 0.6) is 0 Å². The van der Waals surface area contributed by atoms with Crippen LogP contribution in [0.2, 0.25) is 0 Å². The Hall–Kier alpha value is -1.26. The fraction of sp³-hybridized carbons (Fsp3) is 0.882. The first-order chi connectivity index (χ1) is 12.5. The van der Waals surface area contributed by atoms with Gasteiger partial charge in [0.25, 0.3) is 0 Å². The van der Waals surface area contributed by atoms with E-state index in [1.807, 2.05) is 0 Å². The summed E-state index contributed by atoms with van der Waals surface area (Å²) in [6, 6.07) is -0.513. The summed E-state index contributed by atoms with van der Waals surface area (Å²) in [5, 5.41) is 24.1. The second kappa shape index (κ2) is 16.0. The lowest BCUT2D eigenvalue weighted by Gasteiger charge is -2.18. The van der Waals surface area contributed by atoms with Gasteiger partial charge in [-0.2, -0.15) is 0 Å². The smallest absolute Gasteiger partial charge is 0.237 e.